The molecule has 76 valence electrons. The van der Waals surface area contributed by atoms with E-state index in [1.807, 2.05) is 0 Å². The molecule has 1 nitrogen and oxygen atoms in total. The molecule has 0 amide bonds. The van der Waals surface area contributed by atoms with Crippen molar-refractivity contribution in [2.75, 3.05) is 0 Å². The van der Waals surface area contributed by atoms with Crippen molar-refractivity contribution in [3.05, 3.63) is 11.1 Å². The zero-order chi connectivity index (χ0) is 10.1. The molecule has 1 heteroatoms. The number of rotatable bonds is 3. The molecule has 0 spiro atoms. The predicted octanol–water partition coefficient (Wildman–Crippen LogP) is 3.25. The third kappa shape index (κ3) is 2.34. The van der Waals surface area contributed by atoms with Crippen LogP contribution in [0.1, 0.15) is 53.4 Å². The van der Waals surface area contributed by atoms with Crippen LogP contribution in [0.3, 0.4) is 0 Å². The van der Waals surface area contributed by atoms with E-state index in [-0.39, 0.29) is 0 Å². The quantitative estimate of drug-likeness (QED) is 0.664. The van der Waals surface area contributed by atoms with Crippen molar-refractivity contribution < 1.29 is 0 Å². The standard InChI is InChI=1S/C12H23N/c1-5-11(13)8-10-6-7-12(3,4)9(10)2/h11H,5-8,13H2,1-4H3. The van der Waals surface area contributed by atoms with E-state index in [4.69, 9.17) is 5.73 Å². The molecule has 1 aliphatic carbocycles. The first-order valence-corrected chi connectivity index (χ1v) is 5.42. The van der Waals surface area contributed by atoms with Crippen molar-refractivity contribution in [3.8, 4) is 0 Å². The Morgan fingerprint density at radius 3 is 2.46 bits per heavy atom. The van der Waals surface area contributed by atoms with Crippen LogP contribution in [0.2, 0.25) is 0 Å². The molecule has 0 aliphatic heterocycles. The first-order chi connectivity index (χ1) is 5.97. The maximum atomic E-state index is 5.97. The molecule has 13 heavy (non-hydrogen) atoms. The second kappa shape index (κ2) is 3.83. The van der Waals surface area contributed by atoms with Crippen molar-refractivity contribution >= 4 is 0 Å². The van der Waals surface area contributed by atoms with Gasteiger partial charge in [-0.2, -0.15) is 0 Å². The molecule has 0 aromatic heterocycles. The van der Waals surface area contributed by atoms with Crippen LogP contribution in [0.5, 0.6) is 0 Å². The van der Waals surface area contributed by atoms with E-state index >= 15 is 0 Å². The Balaban J connectivity index is 2.66. The van der Waals surface area contributed by atoms with Crippen LogP contribution in [-0.2, 0) is 0 Å². The van der Waals surface area contributed by atoms with Gasteiger partial charge in [-0.15, -0.1) is 0 Å². The molecule has 0 saturated carbocycles. The normalized spacial score (nSPS) is 23.8. The average Bonchev–Trinajstić information content (AvgIpc) is 2.32. The summed E-state index contributed by atoms with van der Waals surface area (Å²) < 4.78 is 0. The zero-order valence-corrected chi connectivity index (χ0v) is 9.48. The third-order valence-corrected chi connectivity index (χ3v) is 3.63. The maximum Gasteiger partial charge on any atom is 0.00735 e. The Labute approximate surface area is 82.4 Å². The minimum Gasteiger partial charge on any atom is -0.327 e. The molecule has 1 atom stereocenters. The largest absolute Gasteiger partial charge is 0.327 e. The zero-order valence-electron chi connectivity index (χ0n) is 9.48. The van der Waals surface area contributed by atoms with Crippen molar-refractivity contribution in [3.63, 3.8) is 0 Å². The fourth-order valence-corrected chi connectivity index (χ4v) is 2.03. The lowest BCUT2D eigenvalue weighted by Gasteiger charge is -2.19. The van der Waals surface area contributed by atoms with Gasteiger partial charge in [0.1, 0.15) is 0 Å². The Morgan fingerprint density at radius 1 is 1.46 bits per heavy atom. The summed E-state index contributed by atoms with van der Waals surface area (Å²) in [6.07, 6.45) is 4.79. The predicted molar refractivity (Wildman–Crippen MR) is 58.6 cm³/mol. The fraction of sp³-hybridized carbons (Fsp3) is 0.833. The van der Waals surface area contributed by atoms with Gasteiger partial charge < -0.3 is 5.73 Å². The monoisotopic (exact) mass is 181 g/mol. The van der Waals surface area contributed by atoms with E-state index < -0.39 is 0 Å². The first kappa shape index (κ1) is 10.8. The van der Waals surface area contributed by atoms with Gasteiger partial charge >= 0.3 is 0 Å². The van der Waals surface area contributed by atoms with Gasteiger partial charge in [0.2, 0.25) is 0 Å². The minimum atomic E-state index is 0.374. The van der Waals surface area contributed by atoms with Crippen molar-refractivity contribution in [2.24, 2.45) is 11.1 Å². The summed E-state index contributed by atoms with van der Waals surface area (Å²) in [5, 5.41) is 0. The topological polar surface area (TPSA) is 26.0 Å². The van der Waals surface area contributed by atoms with E-state index in [0.29, 0.717) is 11.5 Å². The summed E-state index contributed by atoms with van der Waals surface area (Å²) in [6, 6.07) is 0.374. The Morgan fingerprint density at radius 2 is 2.08 bits per heavy atom. The van der Waals surface area contributed by atoms with Crippen LogP contribution in [0, 0.1) is 5.41 Å². The second-order valence-corrected chi connectivity index (χ2v) is 4.98. The molecule has 1 aliphatic rings. The van der Waals surface area contributed by atoms with Gasteiger partial charge in [0.05, 0.1) is 0 Å². The third-order valence-electron chi connectivity index (χ3n) is 3.63. The Kier molecular flexibility index (Phi) is 3.18. The molecule has 0 bridgehead atoms. The van der Waals surface area contributed by atoms with Crippen LogP contribution in [0.4, 0.5) is 0 Å². The van der Waals surface area contributed by atoms with E-state index in [0.717, 1.165) is 12.8 Å². The maximum absolute atomic E-state index is 5.97. The lowest BCUT2D eigenvalue weighted by Crippen LogP contribution is -2.19. The second-order valence-electron chi connectivity index (χ2n) is 4.98. The lowest BCUT2D eigenvalue weighted by atomic mass is 9.86. The number of hydrogen-bond donors (Lipinski definition) is 1. The number of allylic oxidation sites excluding steroid dienone is 1. The molecule has 0 radical (unpaired) electrons. The highest BCUT2D eigenvalue weighted by Gasteiger charge is 2.29. The summed E-state index contributed by atoms with van der Waals surface area (Å²) in [5.41, 5.74) is 9.62. The van der Waals surface area contributed by atoms with E-state index in [1.54, 1.807) is 11.1 Å². The first-order valence-electron chi connectivity index (χ1n) is 5.42. The molecular weight excluding hydrogens is 158 g/mol. The van der Waals surface area contributed by atoms with Gasteiger partial charge in [-0.05, 0) is 38.0 Å². The fourth-order valence-electron chi connectivity index (χ4n) is 2.03. The Bertz CT molecular complexity index is 213. The molecular formula is C12H23N. The Hall–Kier alpha value is -0.300. The highest BCUT2D eigenvalue weighted by molar-refractivity contribution is 5.25. The van der Waals surface area contributed by atoms with E-state index in [1.165, 1.54) is 12.8 Å². The van der Waals surface area contributed by atoms with Crippen molar-refractivity contribution in [1.82, 2.24) is 0 Å². The lowest BCUT2D eigenvalue weighted by molar-refractivity contribution is 0.442. The van der Waals surface area contributed by atoms with Crippen LogP contribution in [0.25, 0.3) is 0 Å². The van der Waals surface area contributed by atoms with Gasteiger partial charge in [-0.25, -0.2) is 0 Å². The van der Waals surface area contributed by atoms with Gasteiger partial charge in [0.15, 0.2) is 0 Å². The van der Waals surface area contributed by atoms with Gasteiger partial charge in [0, 0.05) is 6.04 Å². The van der Waals surface area contributed by atoms with Crippen LogP contribution in [0.15, 0.2) is 11.1 Å². The summed E-state index contributed by atoms with van der Waals surface area (Å²) in [7, 11) is 0. The van der Waals surface area contributed by atoms with Gasteiger partial charge in [-0.3, -0.25) is 0 Å². The van der Waals surface area contributed by atoms with Crippen LogP contribution >= 0.6 is 0 Å². The van der Waals surface area contributed by atoms with Crippen molar-refractivity contribution in [2.45, 2.75) is 59.4 Å². The molecule has 0 aromatic carbocycles. The molecule has 0 aromatic rings. The average molecular weight is 181 g/mol. The molecule has 2 N–H and O–H groups in total. The van der Waals surface area contributed by atoms with E-state index in [2.05, 4.69) is 27.7 Å². The highest BCUT2D eigenvalue weighted by atomic mass is 14.6. The summed E-state index contributed by atoms with van der Waals surface area (Å²) in [5.74, 6) is 0. The molecule has 0 heterocycles. The van der Waals surface area contributed by atoms with Gasteiger partial charge in [0.25, 0.3) is 0 Å². The SMILES string of the molecule is CCC(N)CC1=C(C)C(C)(C)CC1. The van der Waals surface area contributed by atoms with E-state index in [9.17, 15) is 0 Å². The molecule has 1 rings (SSSR count). The molecule has 1 unspecified atom stereocenters. The van der Waals surface area contributed by atoms with Crippen LogP contribution in [-0.4, -0.2) is 6.04 Å². The summed E-state index contributed by atoms with van der Waals surface area (Å²) >= 11 is 0. The molecule has 0 saturated heterocycles. The summed E-state index contributed by atoms with van der Waals surface area (Å²) in [4.78, 5) is 0. The smallest absolute Gasteiger partial charge is 0.00735 e. The highest BCUT2D eigenvalue weighted by Crippen LogP contribution is 2.43. The molecule has 0 fully saturated rings. The number of hydrogen-bond acceptors (Lipinski definition) is 1. The van der Waals surface area contributed by atoms with Crippen LogP contribution < -0.4 is 5.73 Å². The minimum absolute atomic E-state index is 0.374. The van der Waals surface area contributed by atoms with Gasteiger partial charge in [-0.1, -0.05) is 31.9 Å². The van der Waals surface area contributed by atoms with Crippen molar-refractivity contribution in [1.29, 1.82) is 0 Å². The number of nitrogens with two attached hydrogens (primary N) is 1. The summed E-state index contributed by atoms with van der Waals surface area (Å²) in [6.45, 7) is 9.13.